The van der Waals surface area contributed by atoms with E-state index in [4.69, 9.17) is 9.84 Å². The number of rotatable bonds is 8. The van der Waals surface area contributed by atoms with Crippen molar-refractivity contribution >= 4 is 22.9 Å². The lowest BCUT2D eigenvalue weighted by molar-refractivity contribution is -0.139. The highest BCUT2D eigenvalue weighted by Gasteiger charge is 2.11. The highest BCUT2D eigenvalue weighted by Crippen LogP contribution is 2.17. The van der Waals surface area contributed by atoms with E-state index in [2.05, 4.69) is 15.4 Å². The maximum absolute atomic E-state index is 12.4. The number of aromatic nitrogens is 3. The van der Waals surface area contributed by atoms with Gasteiger partial charge in [-0.15, -0.1) is 0 Å². The van der Waals surface area contributed by atoms with Crippen LogP contribution in [-0.2, 0) is 11.2 Å². The van der Waals surface area contributed by atoms with E-state index in [0.717, 1.165) is 16.6 Å². The number of hydrogen-bond donors (Lipinski definition) is 2. The topological polar surface area (TPSA) is 106 Å². The Morgan fingerprint density at radius 2 is 1.96 bits per heavy atom. The third-order valence-corrected chi connectivity index (χ3v) is 4.17. The first-order valence-corrected chi connectivity index (χ1v) is 8.99. The summed E-state index contributed by atoms with van der Waals surface area (Å²) in [4.78, 5) is 27.2. The van der Waals surface area contributed by atoms with E-state index >= 15 is 0 Å². The third-order valence-electron chi connectivity index (χ3n) is 4.17. The largest absolute Gasteiger partial charge is 0.482 e. The van der Waals surface area contributed by atoms with Gasteiger partial charge in [0.2, 0.25) is 0 Å². The molecular weight excluding hydrogens is 360 g/mol. The number of carbonyl (C=O) groups excluding carboxylic acids is 1. The third kappa shape index (κ3) is 4.64. The van der Waals surface area contributed by atoms with Crippen LogP contribution in [0.1, 0.15) is 35.8 Å². The van der Waals surface area contributed by atoms with Gasteiger partial charge in [-0.05, 0) is 44.0 Å². The van der Waals surface area contributed by atoms with E-state index in [1.807, 2.05) is 30.7 Å². The van der Waals surface area contributed by atoms with Gasteiger partial charge in [0, 0.05) is 24.2 Å². The molecular formula is C20H22N4O4. The number of nitrogens with zero attached hydrogens (tertiary/aromatic N) is 3. The molecule has 0 fully saturated rings. The summed E-state index contributed by atoms with van der Waals surface area (Å²) < 4.78 is 6.91. The van der Waals surface area contributed by atoms with Crippen LogP contribution in [0.3, 0.4) is 0 Å². The normalized spacial score (nSPS) is 11.0. The van der Waals surface area contributed by atoms with Crippen molar-refractivity contribution in [3.8, 4) is 5.75 Å². The summed E-state index contributed by atoms with van der Waals surface area (Å²) in [6.07, 6.45) is 3.92. The molecule has 0 bridgehead atoms. The lowest BCUT2D eigenvalue weighted by atomic mass is 10.1. The molecule has 3 rings (SSSR count). The Bertz CT molecular complexity index is 980. The summed E-state index contributed by atoms with van der Waals surface area (Å²) >= 11 is 0. The Morgan fingerprint density at radius 3 is 2.64 bits per heavy atom. The Morgan fingerprint density at radius 1 is 1.21 bits per heavy atom. The van der Waals surface area contributed by atoms with Crippen LogP contribution in [0.2, 0.25) is 0 Å². The van der Waals surface area contributed by atoms with E-state index in [9.17, 15) is 9.59 Å². The molecule has 8 heteroatoms. The van der Waals surface area contributed by atoms with Crippen LogP contribution < -0.4 is 10.1 Å². The number of aliphatic carboxylic acids is 1. The monoisotopic (exact) mass is 382 g/mol. The van der Waals surface area contributed by atoms with Crippen LogP contribution in [0.4, 0.5) is 0 Å². The fraction of sp³-hybridized carbons (Fsp3) is 0.300. The standard InChI is InChI=1S/C20H22N4O4/c1-13(2)24-19-15(11-23-24)9-16(10-22-19)20(27)21-8-7-14-3-5-17(6-4-14)28-12-18(25)26/h3-6,9-11,13H,7-8,12H2,1-2H3,(H,21,27)(H,25,26). The molecule has 0 saturated heterocycles. The molecule has 0 unspecified atom stereocenters. The number of benzene rings is 1. The van der Waals surface area contributed by atoms with Crippen molar-refractivity contribution in [3.05, 3.63) is 53.9 Å². The number of pyridine rings is 1. The van der Waals surface area contributed by atoms with Gasteiger partial charge < -0.3 is 15.2 Å². The molecule has 0 aliphatic heterocycles. The second-order valence-electron chi connectivity index (χ2n) is 6.65. The fourth-order valence-electron chi connectivity index (χ4n) is 2.76. The summed E-state index contributed by atoms with van der Waals surface area (Å²) in [5.41, 5.74) is 2.26. The molecule has 8 nitrogen and oxygen atoms in total. The van der Waals surface area contributed by atoms with Crippen molar-refractivity contribution in [2.45, 2.75) is 26.3 Å². The first kappa shape index (κ1) is 19.3. The lowest BCUT2D eigenvalue weighted by Gasteiger charge is -2.08. The lowest BCUT2D eigenvalue weighted by Crippen LogP contribution is -2.25. The molecule has 1 aromatic carbocycles. The minimum atomic E-state index is -1.02. The predicted molar refractivity (Wildman–Crippen MR) is 104 cm³/mol. The zero-order valence-electron chi connectivity index (χ0n) is 15.8. The molecule has 0 saturated carbocycles. The number of amides is 1. The summed E-state index contributed by atoms with van der Waals surface area (Å²) in [7, 11) is 0. The quantitative estimate of drug-likeness (QED) is 0.620. The number of carboxylic acids is 1. The summed E-state index contributed by atoms with van der Waals surface area (Å²) in [6, 6.07) is 9.10. The maximum Gasteiger partial charge on any atom is 0.341 e. The number of fused-ring (bicyclic) bond motifs is 1. The SMILES string of the molecule is CC(C)n1ncc2cc(C(=O)NCCc3ccc(OCC(=O)O)cc3)cnc21. The molecule has 1 amide bonds. The molecule has 0 aliphatic carbocycles. The average Bonchev–Trinajstić information content (AvgIpc) is 3.10. The van der Waals surface area contributed by atoms with E-state index < -0.39 is 5.97 Å². The van der Waals surface area contributed by atoms with Crippen molar-refractivity contribution in [2.24, 2.45) is 0 Å². The summed E-state index contributed by atoms with van der Waals surface area (Å²) in [5.74, 6) is -0.708. The van der Waals surface area contributed by atoms with Gasteiger partial charge in [0.15, 0.2) is 12.3 Å². The fourth-order valence-corrected chi connectivity index (χ4v) is 2.76. The van der Waals surface area contributed by atoms with E-state index in [1.165, 1.54) is 0 Å². The number of carboxylic acid groups (broad SMARTS) is 1. The Kier molecular flexibility index (Phi) is 5.88. The van der Waals surface area contributed by atoms with Gasteiger partial charge in [0.05, 0.1) is 11.8 Å². The Balaban J connectivity index is 1.54. The second kappa shape index (κ2) is 8.51. The number of ether oxygens (including phenoxy) is 1. The van der Waals surface area contributed by atoms with Gasteiger partial charge >= 0.3 is 5.97 Å². The smallest absolute Gasteiger partial charge is 0.341 e. The van der Waals surface area contributed by atoms with Crippen LogP contribution >= 0.6 is 0 Å². The highest BCUT2D eigenvalue weighted by molar-refractivity contribution is 5.96. The molecule has 0 radical (unpaired) electrons. The van der Waals surface area contributed by atoms with Gasteiger partial charge in [-0.1, -0.05) is 12.1 Å². The van der Waals surface area contributed by atoms with Crippen molar-refractivity contribution in [1.29, 1.82) is 0 Å². The van der Waals surface area contributed by atoms with Gasteiger partial charge in [0.25, 0.3) is 5.91 Å². The second-order valence-corrected chi connectivity index (χ2v) is 6.65. The zero-order chi connectivity index (χ0) is 20.1. The van der Waals surface area contributed by atoms with Crippen LogP contribution in [0.5, 0.6) is 5.75 Å². The molecule has 28 heavy (non-hydrogen) atoms. The zero-order valence-corrected chi connectivity index (χ0v) is 15.8. The minimum absolute atomic E-state index is 0.187. The van der Waals surface area contributed by atoms with Crippen LogP contribution in [-0.4, -0.2) is 44.9 Å². The molecule has 3 aromatic rings. The molecule has 0 aliphatic rings. The van der Waals surface area contributed by atoms with Gasteiger partial charge in [0.1, 0.15) is 5.75 Å². The molecule has 2 N–H and O–H groups in total. The van der Waals surface area contributed by atoms with Crippen LogP contribution in [0.15, 0.2) is 42.7 Å². The number of nitrogens with one attached hydrogen (secondary N) is 1. The van der Waals surface area contributed by atoms with Crippen LogP contribution in [0, 0.1) is 0 Å². The van der Waals surface area contributed by atoms with E-state index in [0.29, 0.717) is 24.3 Å². The first-order valence-electron chi connectivity index (χ1n) is 8.99. The highest BCUT2D eigenvalue weighted by atomic mass is 16.5. The Labute approximate surface area is 162 Å². The summed E-state index contributed by atoms with van der Waals surface area (Å²) in [6.45, 7) is 4.15. The van der Waals surface area contributed by atoms with Crippen molar-refractivity contribution in [1.82, 2.24) is 20.1 Å². The maximum atomic E-state index is 12.4. The van der Waals surface area contributed by atoms with E-state index in [1.54, 1.807) is 30.6 Å². The molecule has 146 valence electrons. The number of hydrogen-bond acceptors (Lipinski definition) is 5. The van der Waals surface area contributed by atoms with Crippen molar-refractivity contribution in [2.75, 3.05) is 13.2 Å². The molecule has 0 atom stereocenters. The van der Waals surface area contributed by atoms with Gasteiger partial charge in [-0.3, -0.25) is 4.79 Å². The molecule has 0 spiro atoms. The number of carbonyl (C=O) groups is 2. The first-order chi connectivity index (χ1) is 13.4. The molecule has 2 heterocycles. The van der Waals surface area contributed by atoms with Crippen molar-refractivity contribution < 1.29 is 19.4 Å². The predicted octanol–water partition coefficient (Wildman–Crippen LogP) is 2.45. The Hall–Kier alpha value is -3.42. The van der Waals surface area contributed by atoms with Gasteiger partial charge in [-0.25, -0.2) is 14.5 Å². The molecule has 2 aromatic heterocycles. The summed E-state index contributed by atoms with van der Waals surface area (Å²) in [5, 5.41) is 16.6. The minimum Gasteiger partial charge on any atom is -0.482 e. The van der Waals surface area contributed by atoms with Crippen molar-refractivity contribution in [3.63, 3.8) is 0 Å². The average molecular weight is 382 g/mol. The van der Waals surface area contributed by atoms with E-state index in [-0.39, 0.29) is 18.6 Å². The van der Waals surface area contributed by atoms with Gasteiger partial charge in [-0.2, -0.15) is 5.10 Å². The van der Waals surface area contributed by atoms with Crippen LogP contribution in [0.25, 0.3) is 11.0 Å².